The molecule has 2 atom stereocenters. The number of likely N-dealkylation sites (N-methyl/N-ethyl adjacent to an activating group) is 1. The zero-order valence-electron chi connectivity index (χ0n) is 31.7. The average molecular weight is 700 g/mol. The highest BCUT2D eigenvalue weighted by Gasteiger charge is 2.20. The molecule has 0 aliphatic heterocycles. The molecule has 48 heavy (non-hydrogen) atoms. The fourth-order valence-electron chi connectivity index (χ4n) is 4.97. The third-order valence-corrected chi connectivity index (χ3v) is 8.92. The molecule has 9 heteroatoms. The first-order valence-corrected chi connectivity index (χ1v) is 20.7. The zero-order chi connectivity index (χ0) is 35.6. The molecule has 0 aromatic rings. The van der Waals surface area contributed by atoms with E-state index in [4.69, 9.17) is 18.5 Å². The fourth-order valence-corrected chi connectivity index (χ4v) is 5.70. The van der Waals surface area contributed by atoms with Crippen LogP contribution in [0.1, 0.15) is 149 Å². The van der Waals surface area contributed by atoms with Gasteiger partial charge in [-0.15, -0.1) is 0 Å². The number of ether oxygens (including phenoxy) is 2. The molecule has 0 aromatic carbocycles. The van der Waals surface area contributed by atoms with E-state index in [1.807, 2.05) is 21.1 Å². The average Bonchev–Trinajstić information content (AvgIpc) is 3.03. The molecular formula is C39H74NO7P. The summed E-state index contributed by atoms with van der Waals surface area (Å²) in [6.07, 6.45) is 35.9. The van der Waals surface area contributed by atoms with Gasteiger partial charge in [-0.05, 0) is 44.9 Å². The molecule has 0 rings (SSSR count). The van der Waals surface area contributed by atoms with Gasteiger partial charge in [0, 0.05) is 13.0 Å². The lowest BCUT2D eigenvalue weighted by atomic mass is 10.1. The second-order valence-electron chi connectivity index (χ2n) is 13.9. The van der Waals surface area contributed by atoms with Crippen molar-refractivity contribution in [1.82, 2.24) is 0 Å². The quantitative estimate of drug-likeness (QED) is 0.0214. The Labute approximate surface area is 295 Å². The van der Waals surface area contributed by atoms with Gasteiger partial charge in [0.25, 0.3) is 7.82 Å². The van der Waals surface area contributed by atoms with Crippen molar-refractivity contribution in [3.8, 4) is 0 Å². The molecule has 0 radical (unpaired) electrons. The van der Waals surface area contributed by atoms with Gasteiger partial charge in [-0.1, -0.05) is 134 Å². The molecule has 0 N–H and O–H groups in total. The van der Waals surface area contributed by atoms with E-state index in [0.29, 0.717) is 24.1 Å². The number of rotatable bonds is 35. The van der Waals surface area contributed by atoms with E-state index in [9.17, 15) is 14.3 Å². The second-order valence-corrected chi connectivity index (χ2v) is 15.3. The molecule has 0 spiro atoms. The molecule has 0 saturated carbocycles. The van der Waals surface area contributed by atoms with Gasteiger partial charge >= 0.3 is 5.97 Å². The van der Waals surface area contributed by atoms with Crippen LogP contribution in [0.5, 0.6) is 0 Å². The van der Waals surface area contributed by atoms with Gasteiger partial charge in [0.15, 0.2) is 0 Å². The summed E-state index contributed by atoms with van der Waals surface area (Å²) in [6.45, 7) is 5.24. The summed E-state index contributed by atoms with van der Waals surface area (Å²) in [5, 5.41) is 0. The monoisotopic (exact) mass is 700 g/mol. The molecule has 0 aliphatic carbocycles. The van der Waals surface area contributed by atoms with Crippen LogP contribution in [0.25, 0.3) is 0 Å². The minimum Gasteiger partial charge on any atom is -0.756 e. The van der Waals surface area contributed by atoms with Gasteiger partial charge in [-0.2, -0.15) is 0 Å². The van der Waals surface area contributed by atoms with Gasteiger partial charge in [0.2, 0.25) is 0 Å². The van der Waals surface area contributed by atoms with Crippen molar-refractivity contribution in [3.63, 3.8) is 0 Å². The van der Waals surface area contributed by atoms with Crippen molar-refractivity contribution in [2.75, 3.05) is 54.1 Å². The Morgan fingerprint density at radius 1 is 0.667 bits per heavy atom. The number of phosphoric ester groups is 1. The number of quaternary nitrogens is 1. The molecule has 2 unspecified atom stereocenters. The van der Waals surface area contributed by atoms with Crippen molar-refractivity contribution in [3.05, 3.63) is 36.5 Å². The highest BCUT2D eigenvalue weighted by molar-refractivity contribution is 7.45. The smallest absolute Gasteiger partial charge is 0.306 e. The minimum absolute atomic E-state index is 0.0246. The largest absolute Gasteiger partial charge is 0.756 e. The topological polar surface area (TPSA) is 94.1 Å². The van der Waals surface area contributed by atoms with E-state index in [1.165, 1.54) is 70.6 Å². The lowest BCUT2D eigenvalue weighted by Crippen LogP contribution is -2.37. The van der Waals surface area contributed by atoms with Gasteiger partial charge < -0.3 is 27.9 Å². The molecule has 0 bridgehead atoms. The molecule has 0 amide bonds. The summed E-state index contributed by atoms with van der Waals surface area (Å²) in [4.78, 5) is 24.8. The van der Waals surface area contributed by atoms with Gasteiger partial charge in [0.05, 0.1) is 34.4 Å². The fraction of sp³-hybridized carbons (Fsp3) is 0.821. The van der Waals surface area contributed by atoms with Crippen LogP contribution in [0, 0.1) is 0 Å². The number of unbranched alkanes of at least 4 members (excludes halogenated alkanes) is 15. The minimum atomic E-state index is -4.51. The van der Waals surface area contributed by atoms with E-state index in [0.717, 1.165) is 57.8 Å². The van der Waals surface area contributed by atoms with Crippen LogP contribution in [0.4, 0.5) is 0 Å². The summed E-state index contributed by atoms with van der Waals surface area (Å²) >= 11 is 0. The van der Waals surface area contributed by atoms with Crippen LogP contribution in [0.3, 0.4) is 0 Å². The lowest BCUT2D eigenvalue weighted by Gasteiger charge is -2.28. The van der Waals surface area contributed by atoms with Crippen molar-refractivity contribution in [1.29, 1.82) is 0 Å². The summed E-state index contributed by atoms with van der Waals surface area (Å²) in [6, 6.07) is 0. The summed E-state index contributed by atoms with van der Waals surface area (Å²) in [7, 11) is 1.35. The van der Waals surface area contributed by atoms with E-state index in [-0.39, 0.29) is 25.8 Å². The molecule has 8 nitrogen and oxygen atoms in total. The normalized spacial score (nSPS) is 14.4. The third kappa shape index (κ3) is 36.0. The SMILES string of the molecule is CC/C=C\C/C=C\C/C=C\CCCCCCCCCCOCC(COP(=O)([O-])OCC[N+](C)(C)C)OC(=O)CCCCCCCCCC. The van der Waals surface area contributed by atoms with Gasteiger partial charge in [-0.3, -0.25) is 9.36 Å². The Morgan fingerprint density at radius 2 is 1.21 bits per heavy atom. The van der Waals surface area contributed by atoms with E-state index in [1.54, 1.807) is 0 Å². The molecule has 0 heterocycles. The predicted octanol–water partition coefficient (Wildman–Crippen LogP) is 10.0. The third-order valence-electron chi connectivity index (χ3n) is 7.96. The summed E-state index contributed by atoms with van der Waals surface area (Å²) in [5.74, 6) is -0.343. The standard InChI is InChI=1S/C39H74NO7P/c1-6-8-10-12-14-16-17-18-19-20-21-22-23-24-25-27-29-31-34-44-36-38(37-46-48(42,43)45-35-33-40(3,4)5)47-39(41)32-30-28-26-15-13-11-9-7-2/h8,10,14,16,18-19,38H,6-7,9,11-13,15,17,20-37H2,1-5H3/b10-8-,16-14-,19-18-. The zero-order valence-corrected chi connectivity index (χ0v) is 32.6. The Morgan fingerprint density at radius 3 is 1.81 bits per heavy atom. The second kappa shape index (κ2) is 32.9. The number of hydrogen-bond acceptors (Lipinski definition) is 7. The highest BCUT2D eigenvalue weighted by Crippen LogP contribution is 2.38. The van der Waals surface area contributed by atoms with Gasteiger partial charge in [0.1, 0.15) is 19.3 Å². The summed E-state index contributed by atoms with van der Waals surface area (Å²) in [5.41, 5.74) is 0. The van der Waals surface area contributed by atoms with Crippen molar-refractivity contribution < 1.29 is 37.3 Å². The number of nitrogens with zero attached hydrogens (tertiary/aromatic N) is 1. The molecule has 0 aliphatic rings. The van der Waals surface area contributed by atoms with Gasteiger partial charge in [-0.25, -0.2) is 0 Å². The predicted molar refractivity (Wildman–Crippen MR) is 199 cm³/mol. The van der Waals surface area contributed by atoms with Crippen LogP contribution in [0.2, 0.25) is 0 Å². The van der Waals surface area contributed by atoms with Crippen molar-refractivity contribution in [2.24, 2.45) is 0 Å². The Kier molecular flexibility index (Phi) is 32.0. The Bertz CT molecular complexity index is 869. The lowest BCUT2D eigenvalue weighted by molar-refractivity contribution is -0.870. The number of phosphoric acid groups is 1. The van der Waals surface area contributed by atoms with E-state index in [2.05, 4.69) is 50.3 Å². The first-order valence-electron chi connectivity index (χ1n) is 19.2. The van der Waals surface area contributed by atoms with Crippen LogP contribution in [0.15, 0.2) is 36.5 Å². The maximum absolute atomic E-state index is 12.5. The highest BCUT2D eigenvalue weighted by atomic mass is 31.2. The maximum Gasteiger partial charge on any atom is 0.306 e. The molecule has 0 fully saturated rings. The molecule has 0 aromatic heterocycles. The molecule has 282 valence electrons. The van der Waals surface area contributed by atoms with E-state index < -0.39 is 13.9 Å². The van der Waals surface area contributed by atoms with E-state index >= 15 is 0 Å². The Hall–Kier alpha value is -1.28. The van der Waals surface area contributed by atoms with Crippen LogP contribution in [-0.4, -0.2) is 70.7 Å². The van der Waals surface area contributed by atoms with Crippen LogP contribution in [-0.2, 0) is 27.9 Å². The van der Waals surface area contributed by atoms with Crippen molar-refractivity contribution in [2.45, 2.75) is 155 Å². The molecular weight excluding hydrogens is 625 g/mol. The maximum atomic E-state index is 12.5. The number of esters is 1. The van der Waals surface area contributed by atoms with Crippen molar-refractivity contribution >= 4 is 13.8 Å². The Balaban J connectivity index is 4.21. The van der Waals surface area contributed by atoms with Crippen LogP contribution < -0.4 is 4.89 Å². The molecule has 0 saturated heterocycles. The number of hydrogen-bond donors (Lipinski definition) is 0. The number of carbonyl (C=O) groups excluding carboxylic acids is 1. The summed E-state index contributed by atoms with van der Waals surface area (Å²) < 4.78 is 34.4. The first kappa shape index (κ1) is 46.7. The number of allylic oxidation sites excluding steroid dienone is 6. The van der Waals surface area contributed by atoms with Crippen LogP contribution >= 0.6 is 7.82 Å². The first-order chi connectivity index (χ1) is 23.1. The number of carbonyl (C=O) groups is 1.